The van der Waals surface area contributed by atoms with Crippen LogP contribution in [0.3, 0.4) is 0 Å². The molecule has 0 bridgehead atoms. The summed E-state index contributed by atoms with van der Waals surface area (Å²) >= 11 is 8.41. The molecule has 0 unspecified atom stereocenters. The first-order valence-electron chi connectivity index (χ1n) is 22.2. The zero-order chi connectivity index (χ0) is 54.6. The van der Waals surface area contributed by atoms with Gasteiger partial charge in [-0.2, -0.15) is 0 Å². The van der Waals surface area contributed by atoms with Crippen LogP contribution in [0, 0.1) is 125 Å². The Morgan fingerprint density at radius 1 is 0.384 bits per heavy atom. The van der Waals surface area contributed by atoms with E-state index in [1.807, 2.05) is 140 Å². The molecule has 11 rings (SSSR count). The summed E-state index contributed by atoms with van der Waals surface area (Å²) in [6.07, 6.45) is 16.5. The quantitative estimate of drug-likeness (QED) is 0.138. The highest BCUT2D eigenvalue weighted by Crippen LogP contribution is 2.08. The van der Waals surface area contributed by atoms with Crippen LogP contribution < -0.4 is 0 Å². The van der Waals surface area contributed by atoms with Gasteiger partial charge in [0.15, 0.2) is 36.4 Å². The Kier molecular flexibility index (Phi) is 33.6. The molecule has 0 radical (unpaired) electrons. The summed E-state index contributed by atoms with van der Waals surface area (Å²) in [6.45, 7) is 34.7. The number of nitrogens with zero attached hydrogens (tertiary/aromatic N) is 11. The monoisotopic (exact) mass is 1090 g/mol. The molecule has 11 aromatic heterocycles. The third-order valence-corrected chi connectivity index (χ3v) is 11.4. The lowest BCUT2D eigenvalue weighted by atomic mass is 10.6. The molecule has 394 valence electrons. The molecule has 0 aliphatic heterocycles. The smallest absolute Gasteiger partial charge is 0.191 e. The van der Waals surface area contributed by atoms with Crippen LogP contribution >= 0.6 is 56.7 Å². The first-order valence-corrected chi connectivity index (χ1v) is 26.6. The molecule has 17 nitrogen and oxygen atoms in total. The molecule has 0 fully saturated rings. The van der Waals surface area contributed by atoms with Gasteiger partial charge in [0.1, 0.15) is 36.1 Å². The zero-order valence-corrected chi connectivity index (χ0v) is 49.2. The Hall–Kier alpha value is -6.59. The molecule has 22 heteroatoms. The molecule has 0 N–H and O–H groups in total. The zero-order valence-electron chi connectivity index (χ0n) is 45.1. The Morgan fingerprint density at radius 3 is 1.04 bits per heavy atom. The fourth-order valence-corrected chi connectivity index (χ4v) is 7.25. The fourth-order valence-electron chi connectivity index (χ4n) is 4.41. The molecule has 11 heterocycles. The minimum absolute atomic E-state index is 0.734. The molecule has 0 aromatic carbocycles. The second-order valence-electron chi connectivity index (χ2n) is 14.9. The summed E-state index contributed by atoms with van der Waals surface area (Å²) in [7, 11) is 0. The van der Waals surface area contributed by atoms with Crippen molar-refractivity contribution >= 4 is 56.7 Å². The second kappa shape index (κ2) is 38.1. The number of hydrogen-bond acceptors (Lipinski definition) is 22. The van der Waals surface area contributed by atoms with Crippen LogP contribution in [0.2, 0.25) is 0 Å². The predicted molar refractivity (Wildman–Crippen MR) is 295 cm³/mol. The van der Waals surface area contributed by atoms with E-state index in [0.717, 1.165) is 95.0 Å². The third-order valence-electron chi connectivity index (χ3n) is 7.37. The van der Waals surface area contributed by atoms with E-state index in [4.69, 9.17) is 22.1 Å². The molecule has 0 saturated carbocycles. The molecule has 0 spiro atoms. The Labute approximate surface area is 449 Å². The number of oxazole rings is 6. The summed E-state index contributed by atoms with van der Waals surface area (Å²) in [5.41, 5.74) is 8.00. The SMILES string of the molecule is Cc1cnc(C)o1.Cc1cnc(C)o1.Cc1cnc(C)s1.Cc1cnco1.Cc1coc(C)n1.Cc1coc(C)n1.Cc1cocn1.Cc1csc(C)n1.Cc1csc(C)n1.Cc1cscn1.Cc1nccs1. The number of aromatic nitrogens is 11. The largest absolute Gasteiger partial charge is 0.452 e. The van der Waals surface area contributed by atoms with Crippen LogP contribution in [0.1, 0.15) is 99.9 Å². The van der Waals surface area contributed by atoms with Gasteiger partial charge in [-0.25, -0.2) is 44.9 Å². The van der Waals surface area contributed by atoms with Crippen LogP contribution in [0.25, 0.3) is 0 Å². The van der Waals surface area contributed by atoms with E-state index in [1.54, 1.807) is 100 Å². The van der Waals surface area contributed by atoms with Gasteiger partial charge in [0, 0.05) is 83.6 Å². The summed E-state index contributed by atoms with van der Waals surface area (Å²) in [4.78, 5) is 44.4. The first-order chi connectivity index (χ1) is 34.6. The van der Waals surface area contributed by atoms with Crippen LogP contribution in [-0.4, -0.2) is 54.8 Å². The molecule has 0 saturated heterocycles. The summed E-state index contributed by atoms with van der Waals surface area (Å²) < 4.78 is 29.0. The predicted octanol–water partition coefficient (Wildman–Crippen LogP) is 15.3. The highest BCUT2D eigenvalue weighted by molar-refractivity contribution is 7.11. The third kappa shape index (κ3) is 36.9. The van der Waals surface area contributed by atoms with Gasteiger partial charge < -0.3 is 26.5 Å². The van der Waals surface area contributed by atoms with Gasteiger partial charge in [0.25, 0.3) is 0 Å². The van der Waals surface area contributed by atoms with Crippen molar-refractivity contribution in [2.75, 3.05) is 0 Å². The van der Waals surface area contributed by atoms with Crippen molar-refractivity contribution in [2.45, 2.75) is 125 Å². The van der Waals surface area contributed by atoms with E-state index in [9.17, 15) is 0 Å². The molecular formula is C51H69N11O6S5. The van der Waals surface area contributed by atoms with E-state index in [1.165, 1.54) is 17.7 Å². The number of hydrogen-bond donors (Lipinski definition) is 0. The van der Waals surface area contributed by atoms with Crippen LogP contribution in [0.15, 0.2) is 116 Å². The molecule has 0 amide bonds. The Balaban J connectivity index is 0.000000402. The molecule has 11 aromatic rings. The first kappa shape index (κ1) is 64.4. The van der Waals surface area contributed by atoms with Gasteiger partial charge in [-0.15, -0.1) is 56.7 Å². The second-order valence-corrected chi connectivity index (χ2v) is 20.3. The summed E-state index contributed by atoms with van der Waals surface area (Å²) in [5.74, 6) is 5.54. The van der Waals surface area contributed by atoms with Gasteiger partial charge in [-0.3, -0.25) is 9.97 Å². The molecule has 73 heavy (non-hydrogen) atoms. The van der Waals surface area contributed by atoms with E-state index in [2.05, 4.69) is 76.9 Å². The highest BCUT2D eigenvalue weighted by Gasteiger charge is 1.91. The van der Waals surface area contributed by atoms with Crippen molar-refractivity contribution in [3.05, 3.63) is 190 Å². The Morgan fingerprint density at radius 2 is 0.932 bits per heavy atom. The van der Waals surface area contributed by atoms with E-state index in [0.29, 0.717) is 0 Å². The van der Waals surface area contributed by atoms with Crippen molar-refractivity contribution in [2.24, 2.45) is 0 Å². The van der Waals surface area contributed by atoms with Crippen molar-refractivity contribution in [1.82, 2.24) is 54.8 Å². The van der Waals surface area contributed by atoms with Gasteiger partial charge in [0.2, 0.25) is 0 Å². The normalized spacial score (nSPS) is 9.23. The maximum absolute atomic E-state index is 4.97. The minimum Gasteiger partial charge on any atom is -0.452 e. The lowest BCUT2D eigenvalue weighted by Crippen LogP contribution is -1.67. The highest BCUT2D eigenvalue weighted by atomic mass is 32.1. The average molecular weight is 1090 g/mol. The van der Waals surface area contributed by atoms with Crippen molar-refractivity contribution in [3.8, 4) is 0 Å². The van der Waals surface area contributed by atoms with Crippen LogP contribution in [0.4, 0.5) is 0 Å². The van der Waals surface area contributed by atoms with Crippen molar-refractivity contribution < 1.29 is 26.5 Å². The number of aryl methyl sites for hydroxylation is 18. The number of rotatable bonds is 0. The maximum Gasteiger partial charge on any atom is 0.191 e. The van der Waals surface area contributed by atoms with E-state index >= 15 is 0 Å². The van der Waals surface area contributed by atoms with E-state index < -0.39 is 0 Å². The molecule has 0 aliphatic rings. The van der Waals surface area contributed by atoms with Gasteiger partial charge in [-0.05, 0) is 96.9 Å². The summed E-state index contributed by atoms with van der Waals surface area (Å²) in [5, 5.41) is 12.7. The molecule has 0 atom stereocenters. The van der Waals surface area contributed by atoms with E-state index in [-0.39, 0.29) is 0 Å². The maximum atomic E-state index is 4.97. The average Bonchev–Trinajstić information content (AvgIpc) is 4.14. The molecular weight excluding hydrogens is 1020 g/mol. The van der Waals surface area contributed by atoms with Gasteiger partial charge in [-0.1, -0.05) is 0 Å². The molecule has 0 aliphatic carbocycles. The lowest BCUT2D eigenvalue weighted by molar-refractivity contribution is 0.494. The lowest BCUT2D eigenvalue weighted by Gasteiger charge is -1.73. The Bertz CT molecular complexity index is 2300. The van der Waals surface area contributed by atoms with Crippen molar-refractivity contribution in [3.63, 3.8) is 0 Å². The summed E-state index contributed by atoms with van der Waals surface area (Å²) in [6, 6.07) is 0. The minimum atomic E-state index is 0.734. The topological polar surface area (TPSA) is 221 Å². The number of thiazole rings is 5. The van der Waals surface area contributed by atoms with Crippen LogP contribution in [0.5, 0.6) is 0 Å². The fraction of sp³-hybridized carbons (Fsp3) is 0.353. The van der Waals surface area contributed by atoms with Crippen LogP contribution in [-0.2, 0) is 0 Å². The van der Waals surface area contributed by atoms with Gasteiger partial charge >= 0.3 is 0 Å². The van der Waals surface area contributed by atoms with Crippen molar-refractivity contribution in [1.29, 1.82) is 0 Å². The standard InChI is InChI=1S/4C5H7NO.3C5H7NS.2C4H5NO.2C4H5NS/c2*1-4-3-7-5(2)6-4;2*1-4-3-6-5(2)7-4;2*1-4-3-7-5(2)6-4;1-4-3-6-5(2)7-4;1-4-2-6-3-5-4;1-4-2-5-3-6-4;1-4-2-6-3-5-4;1-4-5-2-3-6-4/h7*3H,1-2H3;4*2-3H,1H3. The van der Waals surface area contributed by atoms with Gasteiger partial charge in [0.05, 0.1) is 61.2 Å².